The number of ketones is 1. The molecule has 0 aliphatic heterocycles. The highest BCUT2D eigenvalue weighted by Crippen LogP contribution is 2.64. The maximum Gasteiger partial charge on any atom is 0.312 e. The van der Waals surface area contributed by atoms with Crippen LogP contribution in [0.1, 0.15) is 48.9 Å². The fraction of sp³-hybridized carbons (Fsp3) is 0.619. The van der Waals surface area contributed by atoms with E-state index in [4.69, 9.17) is 25.8 Å². The van der Waals surface area contributed by atoms with Crippen molar-refractivity contribution in [2.75, 3.05) is 20.8 Å². The van der Waals surface area contributed by atoms with Crippen LogP contribution in [0.15, 0.2) is 18.2 Å². The first-order valence-electron chi connectivity index (χ1n) is 9.48. The van der Waals surface area contributed by atoms with E-state index in [9.17, 15) is 9.59 Å². The molecule has 1 aromatic rings. The van der Waals surface area contributed by atoms with Crippen LogP contribution < -0.4 is 9.47 Å². The van der Waals surface area contributed by atoms with Crippen LogP contribution in [0, 0.1) is 17.3 Å². The molecule has 4 fully saturated rings. The Morgan fingerprint density at radius 2 is 1.81 bits per heavy atom. The molecule has 0 radical (unpaired) electrons. The topological polar surface area (TPSA) is 61.8 Å². The summed E-state index contributed by atoms with van der Waals surface area (Å²) < 4.78 is 15.9. The van der Waals surface area contributed by atoms with Crippen LogP contribution in [-0.2, 0) is 9.53 Å². The minimum atomic E-state index is -0.509. The highest BCUT2D eigenvalue weighted by molar-refractivity contribution is 6.24. The van der Waals surface area contributed by atoms with Crippen molar-refractivity contribution in [2.24, 2.45) is 17.3 Å². The lowest BCUT2D eigenvalue weighted by molar-refractivity contribution is -0.168. The minimum absolute atomic E-state index is 0.261. The maximum absolute atomic E-state index is 13.0. The maximum atomic E-state index is 13.0. The Morgan fingerprint density at radius 3 is 2.41 bits per heavy atom. The SMILES string of the molecule is COc1ccc(OC)c(C(=O)COC(=O)C23C[C@@H]4C[C@@H](CC(Cl)(C4)C2)C3)c1. The molecule has 0 spiro atoms. The zero-order valence-corrected chi connectivity index (χ0v) is 16.5. The van der Waals surface area contributed by atoms with Gasteiger partial charge in [0.15, 0.2) is 6.61 Å². The third-order valence-corrected chi connectivity index (χ3v) is 6.91. The van der Waals surface area contributed by atoms with Gasteiger partial charge in [-0.3, -0.25) is 9.59 Å². The second kappa shape index (κ2) is 6.69. The molecule has 4 aliphatic rings. The summed E-state index contributed by atoms with van der Waals surface area (Å²) in [6, 6.07) is 4.99. The minimum Gasteiger partial charge on any atom is -0.497 e. The summed E-state index contributed by atoms with van der Waals surface area (Å²) >= 11 is 6.79. The quantitative estimate of drug-likeness (QED) is 0.416. The third-order valence-electron chi connectivity index (χ3n) is 6.46. The normalized spacial score (nSPS) is 33.6. The molecule has 0 N–H and O–H groups in total. The van der Waals surface area contributed by atoms with E-state index >= 15 is 0 Å². The van der Waals surface area contributed by atoms with Crippen LogP contribution in [0.5, 0.6) is 11.5 Å². The summed E-state index contributed by atoms with van der Waals surface area (Å²) in [5, 5.41) is 0. The van der Waals surface area contributed by atoms with Crippen molar-refractivity contribution in [3.8, 4) is 11.5 Å². The lowest BCUT2D eigenvalue weighted by Crippen LogP contribution is -2.56. The average Bonchev–Trinajstić information content (AvgIpc) is 2.63. The number of halogens is 1. The van der Waals surface area contributed by atoms with Crippen LogP contribution in [0.4, 0.5) is 0 Å². The number of rotatable bonds is 6. The molecular weight excluding hydrogens is 368 g/mol. The second-order valence-corrected chi connectivity index (χ2v) is 9.26. The number of alkyl halides is 1. The molecule has 146 valence electrons. The number of ether oxygens (including phenoxy) is 3. The smallest absolute Gasteiger partial charge is 0.312 e. The molecule has 5 nitrogen and oxygen atoms in total. The Labute approximate surface area is 164 Å². The van der Waals surface area contributed by atoms with Gasteiger partial charge in [-0.15, -0.1) is 11.6 Å². The second-order valence-electron chi connectivity index (χ2n) is 8.46. The molecule has 0 heterocycles. The zero-order chi connectivity index (χ0) is 19.2. The van der Waals surface area contributed by atoms with Crippen molar-refractivity contribution >= 4 is 23.4 Å². The van der Waals surface area contributed by atoms with Crippen molar-refractivity contribution in [3.05, 3.63) is 23.8 Å². The van der Waals surface area contributed by atoms with E-state index in [-0.39, 0.29) is 23.2 Å². The van der Waals surface area contributed by atoms with Crippen LogP contribution in [0.25, 0.3) is 0 Å². The van der Waals surface area contributed by atoms with Gasteiger partial charge in [0.05, 0.1) is 25.2 Å². The van der Waals surface area contributed by atoms with Crippen LogP contribution in [0.2, 0.25) is 0 Å². The summed E-state index contributed by atoms with van der Waals surface area (Å²) in [4.78, 5) is 25.4. The van der Waals surface area contributed by atoms with E-state index in [2.05, 4.69) is 0 Å². The van der Waals surface area contributed by atoms with Crippen LogP contribution in [0.3, 0.4) is 0 Å². The number of carbonyl (C=O) groups is 2. The molecule has 4 atom stereocenters. The Kier molecular flexibility index (Phi) is 4.61. The molecule has 0 amide bonds. The van der Waals surface area contributed by atoms with Gasteiger partial charge in [0.25, 0.3) is 0 Å². The largest absolute Gasteiger partial charge is 0.497 e. The van der Waals surface area contributed by atoms with Gasteiger partial charge in [-0.1, -0.05) is 0 Å². The van der Waals surface area contributed by atoms with E-state index in [1.165, 1.54) is 20.6 Å². The summed E-state index contributed by atoms with van der Waals surface area (Å²) in [6.45, 7) is -0.297. The Hall–Kier alpha value is -1.75. The number of methoxy groups -OCH3 is 2. The van der Waals surface area contributed by atoms with Gasteiger partial charge < -0.3 is 14.2 Å². The first-order chi connectivity index (χ1) is 12.9. The van der Waals surface area contributed by atoms with Crippen LogP contribution in [-0.4, -0.2) is 37.5 Å². The standard InChI is InChI=1S/C21H25ClO5/c1-25-15-3-4-18(26-2)16(6-15)17(23)11-27-19(24)20-7-13-5-14(8-20)10-21(22,9-13)12-20/h3-4,6,13-14H,5,7-12H2,1-2H3/t13-,14+,20?,21?. The predicted molar refractivity (Wildman–Crippen MR) is 101 cm³/mol. The molecule has 4 saturated carbocycles. The summed E-state index contributed by atoms with van der Waals surface area (Å²) in [5.74, 6) is 1.43. The van der Waals surface area contributed by atoms with Crippen molar-refractivity contribution in [3.63, 3.8) is 0 Å². The third kappa shape index (κ3) is 3.31. The van der Waals surface area contributed by atoms with Gasteiger partial charge in [-0.25, -0.2) is 0 Å². The highest BCUT2D eigenvalue weighted by Gasteiger charge is 2.60. The molecule has 6 heteroatoms. The molecule has 4 aliphatic carbocycles. The predicted octanol–water partition coefficient (Wildman–Crippen LogP) is 4.01. The van der Waals surface area contributed by atoms with Crippen molar-refractivity contribution < 1.29 is 23.8 Å². The Bertz CT molecular complexity index is 760. The summed E-state index contributed by atoms with van der Waals surface area (Å²) in [7, 11) is 3.03. The number of benzene rings is 1. The van der Waals surface area contributed by atoms with Gasteiger partial charge in [-0.2, -0.15) is 0 Å². The fourth-order valence-electron chi connectivity index (χ4n) is 5.78. The molecule has 1 aromatic carbocycles. The lowest BCUT2D eigenvalue weighted by Gasteiger charge is -2.58. The Morgan fingerprint density at radius 1 is 1.11 bits per heavy atom. The molecule has 5 rings (SSSR count). The van der Waals surface area contributed by atoms with Gasteiger partial charge >= 0.3 is 5.97 Å². The van der Waals surface area contributed by atoms with Gasteiger partial charge in [0, 0.05) is 4.87 Å². The highest BCUT2D eigenvalue weighted by atomic mass is 35.5. The van der Waals surface area contributed by atoms with Crippen LogP contribution >= 0.6 is 11.6 Å². The molecular formula is C21H25ClO5. The van der Waals surface area contributed by atoms with E-state index in [1.54, 1.807) is 18.2 Å². The van der Waals surface area contributed by atoms with Gasteiger partial charge in [-0.05, 0) is 68.6 Å². The molecule has 0 saturated heterocycles. The van der Waals surface area contributed by atoms with Crippen molar-refractivity contribution in [2.45, 2.75) is 43.4 Å². The summed E-state index contributed by atoms with van der Waals surface area (Å²) in [6.07, 6.45) is 5.52. The number of hydrogen-bond donors (Lipinski definition) is 0. The molecule has 2 unspecified atom stereocenters. The number of Topliss-reactive ketones (excluding diaryl/α,β-unsaturated/α-hetero) is 1. The fourth-order valence-corrected chi connectivity index (χ4v) is 6.48. The van der Waals surface area contributed by atoms with E-state index in [1.807, 2.05) is 0 Å². The Balaban J connectivity index is 1.46. The van der Waals surface area contributed by atoms with E-state index < -0.39 is 5.41 Å². The number of carbonyl (C=O) groups excluding carboxylic acids is 2. The van der Waals surface area contributed by atoms with Crippen molar-refractivity contribution in [1.82, 2.24) is 0 Å². The van der Waals surface area contributed by atoms with E-state index in [0.717, 1.165) is 25.7 Å². The number of hydrogen-bond acceptors (Lipinski definition) is 5. The lowest BCUT2D eigenvalue weighted by atomic mass is 9.49. The van der Waals surface area contributed by atoms with Gasteiger partial charge in [0.1, 0.15) is 11.5 Å². The zero-order valence-electron chi connectivity index (χ0n) is 15.8. The summed E-state index contributed by atoms with van der Waals surface area (Å²) in [5.41, 5.74) is -0.158. The first-order valence-corrected chi connectivity index (χ1v) is 9.86. The molecule has 0 aromatic heterocycles. The molecule has 4 bridgehead atoms. The monoisotopic (exact) mass is 392 g/mol. The first kappa shape index (κ1) is 18.6. The molecule has 27 heavy (non-hydrogen) atoms. The number of esters is 1. The van der Waals surface area contributed by atoms with Crippen molar-refractivity contribution in [1.29, 1.82) is 0 Å². The average molecular weight is 393 g/mol. The van der Waals surface area contributed by atoms with E-state index in [0.29, 0.717) is 35.3 Å². The van der Waals surface area contributed by atoms with Gasteiger partial charge in [0.2, 0.25) is 5.78 Å².